The van der Waals surface area contributed by atoms with Crippen LogP contribution in [0.2, 0.25) is 0 Å². The zero-order valence-electron chi connectivity index (χ0n) is 14.8. The van der Waals surface area contributed by atoms with Crippen molar-refractivity contribution < 1.29 is 18.0 Å². The number of alkyl halides is 3. The number of amides is 1. The standard InChI is InChI=1S/C19H17F3N4O2/c20-19(21,22)14-5-3-4-12(8-14)13-9-15-17(23-10-13)24-18(28)26(15)11-16(27)25-6-1-2-7-25/h3-5,8-10H,1-2,6-7,11H2,(H,23,24,28). The third kappa shape index (κ3) is 3.39. The van der Waals surface area contributed by atoms with E-state index >= 15 is 0 Å². The van der Waals surface area contributed by atoms with Gasteiger partial charge >= 0.3 is 11.9 Å². The molecule has 146 valence electrons. The molecule has 0 atom stereocenters. The van der Waals surface area contributed by atoms with Crippen molar-refractivity contribution in [1.82, 2.24) is 19.4 Å². The van der Waals surface area contributed by atoms with E-state index in [4.69, 9.17) is 0 Å². The number of aromatic amines is 1. The lowest BCUT2D eigenvalue weighted by molar-refractivity contribution is -0.137. The van der Waals surface area contributed by atoms with Crippen LogP contribution in [0, 0.1) is 0 Å². The zero-order chi connectivity index (χ0) is 19.9. The third-order valence-corrected chi connectivity index (χ3v) is 4.90. The Balaban J connectivity index is 1.73. The van der Waals surface area contributed by atoms with Crippen LogP contribution >= 0.6 is 0 Å². The quantitative estimate of drug-likeness (QED) is 0.747. The van der Waals surface area contributed by atoms with Crippen molar-refractivity contribution in [2.45, 2.75) is 25.6 Å². The van der Waals surface area contributed by atoms with Crippen LogP contribution in [0.3, 0.4) is 0 Å². The van der Waals surface area contributed by atoms with Crippen molar-refractivity contribution in [1.29, 1.82) is 0 Å². The molecule has 28 heavy (non-hydrogen) atoms. The van der Waals surface area contributed by atoms with Gasteiger partial charge in [0.25, 0.3) is 0 Å². The number of rotatable bonds is 3. The largest absolute Gasteiger partial charge is 0.416 e. The van der Waals surface area contributed by atoms with Gasteiger partial charge in [0.05, 0.1) is 11.1 Å². The first-order valence-electron chi connectivity index (χ1n) is 8.87. The number of carbonyl (C=O) groups excluding carboxylic acids is 1. The molecule has 1 saturated heterocycles. The number of carbonyl (C=O) groups is 1. The number of hydrogen-bond acceptors (Lipinski definition) is 3. The fourth-order valence-corrected chi connectivity index (χ4v) is 3.43. The summed E-state index contributed by atoms with van der Waals surface area (Å²) < 4.78 is 40.2. The van der Waals surface area contributed by atoms with Crippen LogP contribution in [0.25, 0.3) is 22.3 Å². The minimum Gasteiger partial charge on any atom is -0.341 e. The molecule has 0 saturated carbocycles. The maximum atomic E-state index is 13.0. The highest BCUT2D eigenvalue weighted by Gasteiger charge is 2.30. The maximum absolute atomic E-state index is 13.0. The van der Waals surface area contributed by atoms with E-state index in [9.17, 15) is 22.8 Å². The summed E-state index contributed by atoms with van der Waals surface area (Å²) in [5, 5.41) is 0. The monoisotopic (exact) mass is 390 g/mol. The van der Waals surface area contributed by atoms with Crippen LogP contribution < -0.4 is 5.69 Å². The van der Waals surface area contributed by atoms with E-state index < -0.39 is 17.4 Å². The Bertz CT molecular complexity index is 1090. The number of likely N-dealkylation sites (tertiary alicyclic amines) is 1. The fraction of sp³-hybridized carbons (Fsp3) is 0.316. The Morgan fingerprint density at radius 2 is 1.89 bits per heavy atom. The molecule has 3 aromatic rings. The molecule has 1 aliphatic heterocycles. The molecule has 1 aliphatic rings. The number of imidazole rings is 1. The Kier molecular flexibility index (Phi) is 4.44. The van der Waals surface area contributed by atoms with Gasteiger partial charge in [0.15, 0.2) is 5.65 Å². The summed E-state index contributed by atoms with van der Waals surface area (Å²) in [6, 6.07) is 6.47. The number of pyridine rings is 1. The van der Waals surface area contributed by atoms with Crippen LogP contribution in [0.5, 0.6) is 0 Å². The van der Waals surface area contributed by atoms with Crippen LogP contribution in [0.15, 0.2) is 41.3 Å². The van der Waals surface area contributed by atoms with Gasteiger partial charge in [0.1, 0.15) is 6.54 Å². The third-order valence-electron chi connectivity index (χ3n) is 4.90. The average Bonchev–Trinajstić information content (AvgIpc) is 3.30. The van der Waals surface area contributed by atoms with E-state index in [2.05, 4.69) is 9.97 Å². The number of hydrogen-bond donors (Lipinski definition) is 1. The SMILES string of the molecule is O=C(Cn1c(=O)[nH]c2ncc(-c3cccc(C(F)(F)F)c3)cc21)N1CCCC1. The smallest absolute Gasteiger partial charge is 0.341 e. The number of halogens is 3. The van der Waals surface area contributed by atoms with Crippen molar-refractivity contribution in [2.24, 2.45) is 0 Å². The van der Waals surface area contributed by atoms with Gasteiger partial charge in [-0.2, -0.15) is 13.2 Å². The maximum Gasteiger partial charge on any atom is 0.416 e. The number of nitrogens with zero attached hydrogens (tertiary/aromatic N) is 3. The number of H-pyrrole nitrogens is 1. The summed E-state index contributed by atoms with van der Waals surface area (Å²) >= 11 is 0. The zero-order valence-corrected chi connectivity index (χ0v) is 14.8. The number of aromatic nitrogens is 3. The molecule has 2 aromatic heterocycles. The van der Waals surface area contributed by atoms with Gasteiger partial charge in [-0.15, -0.1) is 0 Å². The fourth-order valence-electron chi connectivity index (χ4n) is 3.43. The molecule has 0 spiro atoms. The van der Waals surface area contributed by atoms with Gasteiger partial charge < -0.3 is 4.90 Å². The van der Waals surface area contributed by atoms with E-state index in [0.29, 0.717) is 29.7 Å². The van der Waals surface area contributed by atoms with Crippen molar-refractivity contribution in [2.75, 3.05) is 13.1 Å². The van der Waals surface area contributed by atoms with Gasteiger partial charge in [0.2, 0.25) is 5.91 Å². The van der Waals surface area contributed by atoms with Crippen LogP contribution in [-0.2, 0) is 17.5 Å². The molecule has 3 heterocycles. The predicted octanol–water partition coefficient (Wildman–Crippen LogP) is 3.03. The van der Waals surface area contributed by atoms with E-state index in [1.807, 2.05) is 0 Å². The van der Waals surface area contributed by atoms with Crippen molar-refractivity contribution in [3.05, 3.63) is 52.6 Å². The topological polar surface area (TPSA) is 71.0 Å². The van der Waals surface area contributed by atoms with E-state index in [-0.39, 0.29) is 18.1 Å². The van der Waals surface area contributed by atoms with Crippen molar-refractivity contribution in [3.8, 4) is 11.1 Å². The molecule has 0 aliphatic carbocycles. The Labute approximate surface area is 157 Å². The Morgan fingerprint density at radius 3 is 2.61 bits per heavy atom. The lowest BCUT2D eigenvalue weighted by Crippen LogP contribution is -2.33. The van der Waals surface area contributed by atoms with Gasteiger partial charge in [-0.1, -0.05) is 12.1 Å². The molecule has 0 unspecified atom stereocenters. The molecule has 1 amide bonds. The highest BCUT2D eigenvalue weighted by Crippen LogP contribution is 2.32. The molecule has 4 rings (SSSR count). The summed E-state index contributed by atoms with van der Waals surface area (Å²) in [6.07, 6.45) is -1.17. The Hall–Kier alpha value is -3.10. The molecule has 0 radical (unpaired) electrons. The summed E-state index contributed by atoms with van der Waals surface area (Å²) in [7, 11) is 0. The van der Waals surface area contributed by atoms with Crippen LogP contribution in [0.1, 0.15) is 18.4 Å². The van der Waals surface area contributed by atoms with Crippen LogP contribution in [0.4, 0.5) is 13.2 Å². The number of fused-ring (bicyclic) bond motifs is 1. The number of nitrogens with one attached hydrogen (secondary N) is 1. The molecule has 9 heteroatoms. The van der Waals surface area contributed by atoms with Crippen molar-refractivity contribution in [3.63, 3.8) is 0 Å². The highest BCUT2D eigenvalue weighted by molar-refractivity contribution is 5.82. The second-order valence-corrected chi connectivity index (χ2v) is 6.77. The van der Waals surface area contributed by atoms with Gasteiger partial charge in [0, 0.05) is 24.8 Å². The number of benzene rings is 1. The second-order valence-electron chi connectivity index (χ2n) is 6.77. The van der Waals surface area contributed by atoms with Crippen molar-refractivity contribution >= 4 is 17.1 Å². The summed E-state index contributed by atoms with van der Waals surface area (Å²) in [5.74, 6) is -0.162. The Morgan fingerprint density at radius 1 is 1.14 bits per heavy atom. The average molecular weight is 390 g/mol. The molecule has 1 N–H and O–H groups in total. The molecular formula is C19H17F3N4O2. The van der Waals surface area contributed by atoms with Gasteiger partial charge in [-0.25, -0.2) is 9.78 Å². The van der Waals surface area contributed by atoms with E-state index in [1.54, 1.807) is 17.0 Å². The summed E-state index contributed by atoms with van der Waals surface area (Å²) in [4.78, 5) is 33.1. The minimum atomic E-state index is -4.45. The summed E-state index contributed by atoms with van der Waals surface area (Å²) in [6.45, 7) is 1.21. The first-order valence-corrected chi connectivity index (χ1v) is 8.87. The van der Waals surface area contributed by atoms with Gasteiger partial charge in [-0.3, -0.25) is 14.3 Å². The summed E-state index contributed by atoms with van der Waals surface area (Å²) in [5.41, 5.74) is 0.190. The molecular weight excluding hydrogens is 373 g/mol. The molecule has 6 nitrogen and oxygen atoms in total. The van der Waals surface area contributed by atoms with Gasteiger partial charge in [-0.05, 0) is 36.6 Å². The van der Waals surface area contributed by atoms with E-state index in [1.165, 1.54) is 16.8 Å². The minimum absolute atomic E-state index is 0.132. The lowest BCUT2D eigenvalue weighted by atomic mass is 10.0. The first kappa shape index (κ1) is 18.3. The second kappa shape index (κ2) is 6.81. The predicted molar refractivity (Wildman–Crippen MR) is 96.6 cm³/mol. The molecule has 0 bridgehead atoms. The molecule has 1 aromatic carbocycles. The van der Waals surface area contributed by atoms with E-state index in [0.717, 1.165) is 25.0 Å². The lowest BCUT2D eigenvalue weighted by Gasteiger charge is -2.15. The first-order chi connectivity index (χ1) is 13.3. The normalized spacial score (nSPS) is 14.8. The highest BCUT2D eigenvalue weighted by atomic mass is 19.4. The van der Waals surface area contributed by atoms with Crippen LogP contribution in [-0.4, -0.2) is 38.4 Å². The molecule has 1 fully saturated rings.